The van der Waals surface area contributed by atoms with Crippen molar-refractivity contribution in [3.8, 4) is 78.7 Å². The fourth-order valence-corrected chi connectivity index (χ4v) is 15.5. The lowest BCUT2D eigenvalue weighted by Crippen LogP contribution is -2.30. The molecular formula is C77H58N3OP. The number of hydrogen-bond acceptors (Lipinski definition) is 4. The molecule has 1 saturated carbocycles. The van der Waals surface area contributed by atoms with E-state index in [0.29, 0.717) is 17.5 Å². The lowest BCUT2D eigenvalue weighted by Gasteiger charge is -2.39. The van der Waals surface area contributed by atoms with Crippen LogP contribution < -0.4 is 15.9 Å². The summed E-state index contributed by atoms with van der Waals surface area (Å²) < 4.78 is 15.4. The molecule has 0 bridgehead atoms. The first-order valence-corrected chi connectivity index (χ1v) is 30.3. The largest absolute Gasteiger partial charge is 0.309 e. The second-order valence-electron chi connectivity index (χ2n) is 21.6. The van der Waals surface area contributed by atoms with Crippen LogP contribution in [0.25, 0.3) is 100 Å². The molecular weight excluding hydrogens is 1010 g/mol. The minimum Gasteiger partial charge on any atom is -0.309 e. The van der Waals surface area contributed by atoms with Gasteiger partial charge >= 0.3 is 0 Å². The molecule has 82 heavy (non-hydrogen) atoms. The Balaban J connectivity index is 0.798. The van der Waals surface area contributed by atoms with E-state index in [9.17, 15) is 0 Å². The quantitative estimate of drug-likeness (QED) is 0.0904. The van der Waals surface area contributed by atoms with Crippen molar-refractivity contribution in [2.75, 3.05) is 0 Å². The molecule has 0 amide bonds. The molecule has 1 fully saturated rings. The number of benzene rings is 12. The highest BCUT2D eigenvalue weighted by molar-refractivity contribution is 7.85. The van der Waals surface area contributed by atoms with Gasteiger partial charge in [0.2, 0.25) is 0 Å². The van der Waals surface area contributed by atoms with Crippen LogP contribution in [0.15, 0.2) is 291 Å². The third kappa shape index (κ3) is 9.26. The van der Waals surface area contributed by atoms with Crippen LogP contribution in [0, 0.1) is 0 Å². The van der Waals surface area contributed by atoms with E-state index < -0.39 is 7.14 Å². The lowest BCUT2D eigenvalue weighted by molar-refractivity contribution is 0.346. The van der Waals surface area contributed by atoms with Gasteiger partial charge in [0.1, 0.15) is 0 Å². The molecule has 13 aromatic rings. The number of rotatable bonds is 12. The van der Waals surface area contributed by atoms with Gasteiger partial charge in [0.05, 0.1) is 0 Å². The standard InChI is InChI=1S/C77H58N3OP/c81-82(63-26-10-3-11-27-63,64-28-12-4-13-29-64)65-50-44-57(45-51-65)73-70-34-18-16-32-68(70)72(69-33-17-19-35-71(69)73)56-40-46-61(47-41-56)77(52-20-5-21-53-77)62-48-42-60(43-49-62)76-79-74(58-24-8-2-9-25-58)78-75(80-76)59-38-36-55(37-39-59)67-31-15-14-30-66(67)54-22-6-1-7-23-54/h1-4,6-19,22-51H,5,20-21,52-53H2. The van der Waals surface area contributed by atoms with Crippen LogP contribution in [0.2, 0.25) is 0 Å². The van der Waals surface area contributed by atoms with E-state index in [1.54, 1.807) is 0 Å². The molecule has 0 saturated heterocycles. The Morgan fingerprint density at radius 3 is 0.988 bits per heavy atom. The van der Waals surface area contributed by atoms with Gasteiger partial charge in [-0.2, -0.15) is 0 Å². The van der Waals surface area contributed by atoms with Crippen molar-refractivity contribution < 1.29 is 4.57 Å². The van der Waals surface area contributed by atoms with Gasteiger partial charge in [0.15, 0.2) is 24.6 Å². The van der Waals surface area contributed by atoms with Crippen molar-refractivity contribution in [3.63, 3.8) is 0 Å². The summed E-state index contributed by atoms with van der Waals surface area (Å²) in [7, 11) is -3.13. The van der Waals surface area contributed by atoms with Gasteiger partial charge in [-0.3, -0.25) is 0 Å². The Kier molecular flexibility index (Phi) is 13.5. The van der Waals surface area contributed by atoms with Crippen LogP contribution in [-0.4, -0.2) is 15.0 Å². The third-order valence-corrected chi connectivity index (χ3v) is 20.0. The first kappa shape index (κ1) is 50.6. The first-order valence-electron chi connectivity index (χ1n) is 28.6. The maximum absolute atomic E-state index is 15.4. The number of hydrogen-bond donors (Lipinski definition) is 0. The smallest absolute Gasteiger partial charge is 0.171 e. The molecule has 0 N–H and O–H groups in total. The van der Waals surface area contributed by atoms with Gasteiger partial charge < -0.3 is 4.57 Å². The summed E-state index contributed by atoms with van der Waals surface area (Å²) in [5.74, 6) is 1.93. The van der Waals surface area contributed by atoms with Crippen LogP contribution in [0.4, 0.5) is 0 Å². The second kappa shape index (κ2) is 21.8. The zero-order chi connectivity index (χ0) is 54.9. The van der Waals surface area contributed by atoms with Crippen LogP contribution in [0.1, 0.15) is 43.2 Å². The van der Waals surface area contributed by atoms with E-state index in [4.69, 9.17) is 15.0 Å². The van der Waals surface area contributed by atoms with Crippen molar-refractivity contribution >= 4 is 44.6 Å². The Labute approximate surface area is 479 Å². The molecule has 0 atom stereocenters. The molecule has 1 aromatic heterocycles. The molecule has 0 radical (unpaired) electrons. The van der Waals surface area contributed by atoms with E-state index in [-0.39, 0.29) is 5.41 Å². The van der Waals surface area contributed by atoms with Crippen molar-refractivity contribution in [3.05, 3.63) is 302 Å². The summed E-state index contributed by atoms with van der Waals surface area (Å²) in [6.07, 6.45) is 5.74. The summed E-state index contributed by atoms with van der Waals surface area (Å²) in [6, 6.07) is 103. The monoisotopic (exact) mass is 1070 g/mol. The zero-order valence-electron chi connectivity index (χ0n) is 45.4. The average Bonchev–Trinajstić information content (AvgIpc) is 3.51. The Bertz CT molecular complexity index is 4350. The summed E-state index contributed by atoms with van der Waals surface area (Å²) in [6.45, 7) is 0. The Morgan fingerprint density at radius 2 is 0.561 bits per heavy atom. The van der Waals surface area contributed by atoms with Crippen LogP contribution in [-0.2, 0) is 9.98 Å². The molecule has 1 aliphatic carbocycles. The van der Waals surface area contributed by atoms with Gasteiger partial charge in [-0.1, -0.05) is 310 Å². The molecule has 1 aliphatic rings. The highest BCUT2D eigenvalue weighted by Gasteiger charge is 2.36. The zero-order valence-corrected chi connectivity index (χ0v) is 46.3. The first-order chi connectivity index (χ1) is 40.5. The van der Waals surface area contributed by atoms with E-state index >= 15 is 4.57 Å². The van der Waals surface area contributed by atoms with Crippen molar-refractivity contribution in [1.29, 1.82) is 0 Å². The summed E-state index contributed by atoms with van der Waals surface area (Å²) in [5, 5.41) is 7.26. The third-order valence-electron chi connectivity index (χ3n) is 17.0. The fraction of sp³-hybridized carbons (Fsp3) is 0.0779. The minimum absolute atomic E-state index is 0.138. The Morgan fingerprint density at radius 1 is 0.268 bits per heavy atom. The molecule has 4 nitrogen and oxygen atoms in total. The van der Waals surface area contributed by atoms with E-state index in [1.165, 1.54) is 85.3 Å². The lowest BCUT2D eigenvalue weighted by atomic mass is 9.65. The predicted octanol–water partition coefficient (Wildman–Crippen LogP) is 18.7. The maximum Gasteiger partial charge on any atom is 0.171 e. The molecule has 0 spiro atoms. The molecule has 1 heterocycles. The van der Waals surface area contributed by atoms with Crippen LogP contribution in [0.3, 0.4) is 0 Å². The predicted molar refractivity (Wildman–Crippen MR) is 343 cm³/mol. The summed E-state index contributed by atoms with van der Waals surface area (Å²) >= 11 is 0. The van der Waals surface area contributed by atoms with E-state index in [0.717, 1.165) is 56.6 Å². The van der Waals surface area contributed by atoms with Crippen molar-refractivity contribution in [1.82, 2.24) is 15.0 Å². The summed E-state index contributed by atoms with van der Waals surface area (Å²) in [5.41, 5.74) is 14.8. The van der Waals surface area contributed by atoms with E-state index in [1.807, 2.05) is 78.9 Å². The molecule has 12 aromatic carbocycles. The molecule has 14 rings (SSSR count). The maximum atomic E-state index is 15.4. The second-order valence-corrected chi connectivity index (χ2v) is 24.4. The highest BCUT2D eigenvalue weighted by Crippen LogP contribution is 2.49. The normalized spacial score (nSPS) is 13.3. The van der Waals surface area contributed by atoms with Crippen molar-refractivity contribution in [2.24, 2.45) is 0 Å². The van der Waals surface area contributed by atoms with Gasteiger partial charge in [0.25, 0.3) is 0 Å². The van der Waals surface area contributed by atoms with Gasteiger partial charge in [-0.25, -0.2) is 15.0 Å². The Hall–Kier alpha value is -9.60. The summed E-state index contributed by atoms with van der Waals surface area (Å²) in [4.78, 5) is 15.4. The van der Waals surface area contributed by atoms with E-state index in [2.05, 4.69) is 212 Å². The highest BCUT2D eigenvalue weighted by atomic mass is 31.2. The number of nitrogens with zero attached hydrogens (tertiary/aromatic N) is 3. The van der Waals surface area contributed by atoms with Crippen molar-refractivity contribution in [2.45, 2.75) is 37.5 Å². The minimum atomic E-state index is -3.13. The average molecular weight is 1070 g/mol. The molecule has 0 aliphatic heterocycles. The molecule has 0 unspecified atom stereocenters. The van der Waals surface area contributed by atoms with Gasteiger partial charge in [-0.05, 0) is 90.0 Å². The number of aromatic nitrogens is 3. The van der Waals surface area contributed by atoms with Gasteiger partial charge in [-0.15, -0.1) is 0 Å². The van der Waals surface area contributed by atoms with Crippen LogP contribution >= 0.6 is 7.14 Å². The van der Waals surface area contributed by atoms with Crippen LogP contribution in [0.5, 0.6) is 0 Å². The number of fused-ring (bicyclic) bond motifs is 2. The molecule has 392 valence electrons. The fourth-order valence-electron chi connectivity index (χ4n) is 12.9. The SMILES string of the molecule is O=P(c1ccccc1)(c1ccccc1)c1ccc(-c2c3ccccc3c(-c3ccc(C4(c5ccc(-c6nc(-c7ccccc7)nc(-c7ccc(-c8ccccc8-c8ccccc8)cc7)n6)cc5)CCCCC4)cc3)c3ccccc23)cc1. The van der Waals surface area contributed by atoms with Gasteiger partial charge in [0, 0.05) is 38.0 Å². The molecule has 5 heteroatoms. The topological polar surface area (TPSA) is 55.7 Å².